The van der Waals surface area contributed by atoms with Crippen molar-refractivity contribution in [3.8, 4) is 5.75 Å². The molecule has 0 heterocycles. The van der Waals surface area contributed by atoms with Crippen molar-refractivity contribution in [2.75, 3.05) is 0 Å². The van der Waals surface area contributed by atoms with Gasteiger partial charge in [-0.2, -0.15) is 0 Å². The first-order chi connectivity index (χ1) is 10.7. The summed E-state index contributed by atoms with van der Waals surface area (Å²) >= 11 is 0. The van der Waals surface area contributed by atoms with Gasteiger partial charge in [-0.25, -0.2) is 4.79 Å². The van der Waals surface area contributed by atoms with Crippen LogP contribution in [0, 0.1) is 0 Å². The molecule has 0 saturated heterocycles. The van der Waals surface area contributed by atoms with E-state index in [2.05, 4.69) is 36.4 Å². The highest BCUT2D eigenvalue weighted by Gasteiger charge is 2.04. The van der Waals surface area contributed by atoms with E-state index in [-0.39, 0.29) is 0 Å². The lowest BCUT2D eigenvalue weighted by atomic mass is 10.00. The summed E-state index contributed by atoms with van der Waals surface area (Å²) in [5, 5.41) is 15.4. The molecule has 4 rings (SSSR count). The van der Waals surface area contributed by atoms with Crippen molar-refractivity contribution in [2.45, 2.75) is 0 Å². The van der Waals surface area contributed by atoms with Gasteiger partial charge in [0.25, 0.3) is 0 Å². The number of carbonyl (C=O) groups is 1. The average molecular weight is 288 g/mol. The molecule has 1 N–H and O–H groups in total. The van der Waals surface area contributed by atoms with Gasteiger partial charge in [-0.05, 0) is 68.7 Å². The summed E-state index contributed by atoms with van der Waals surface area (Å²) in [6.45, 7) is 0. The molecule has 4 aromatic rings. The van der Waals surface area contributed by atoms with Crippen LogP contribution in [0.4, 0.5) is 4.79 Å². The van der Waals surface area contributed by atoms with Crippen LogP contribution in [0.5, 0.6) is 5.75 Å². The Labute approximate surface area is 126 Å². The van der Waals surface area contributed by atoms with Crippen LogP contribution in [0.15, 0.2) is 66.7 Å². The Kier molecular flexibility index (Phi) is 2.73. The van der Waals surface area contributed by atoms with E-state index >= 15 is 0 Å². The normalized spacial score (nSPS) is 11.1. The molecule has 3 nitrogen and oxygen atoms in total. The van der Waals surface area contributed by atoms with Crippen LogP contribution in [-0.4, -0.2) is 11.3 Å². The molecule has 4 aromatic carbocycles. The Hall–Kier alpha value is -3.07. The fourth-order valence-corrected chi connectivity index (χ4v) is 2.83. The monoisotopic (exact) mass is 288 g/mol. The van der Waals surface area contributed by atoms with Gasteiger partial charge in [-0.3, -0.25) is 0 Å². The molecular weight excluding hydrogens is 276 g/mol. The Morgan fingerprint density at radius 2 is 1.18 bits per heavy atom. The van der Waals surface area contributed by atoms with Gasteiger partial charge < -0.3 is 9.84 Å². The first-order valence-electron chi connectivity index (χ1n) is 6.96. The number of benzene rings is 4. The van der Waals surface area contributed by atoms with Crippen LogP contribution in [0.1, 0.15) is 0 Å². The number of rotatable bonds is 1. The predicted molar refractivity (Wildman–Crippen MR) is 87.6 cm³/mol. The van der Waals surface area contributed by atoms with E-state index < -0.39 is 6.16 Å². The standard InChI is InChI=1S/C19H12O3/c20-19(21)22-18-6-5-14-9-15-7-12-3-1-2-4-13(12)8-16(15)10-17(14)11-18/h1-11H,(H,20,21). The van der Waals surface area contributed by atoms with E-state index in [1.165, 1.54) is 10.8 Å². The van der Waals surface area contributed by atoms with Gasteiger partial charge in [0, 0.05) is 0 Å². The van der Waals surface area contributed by atoms with Crippen LogP contribution >= 0.6 is 0 Å². The quantitative estimate of drug-likeness (QED) is 0.297. The molecule has 3 heteroatoms. The second kappa shape index (κ2) is 4.74. The molecule has 0 radical (unpaired) electrons. The van der Waals surface area contributed by atoms with Crippen LogP contribution in [0.25, 0.3) is 32.3 Å². The lowest BCUT2D eigenvalue weighted by Gasteiger charge is -2.06. The number of carboxylic acid groups (broad SMARTS) is 1. The number of fused-ring (bicyclic) bond motifs is 3. The summed E-state index contributed by atoms with van der Waals surface area (Å²) in [5.41, 5.74) is 0. The summed E-state index contributed by atoms with van der Waals surface area (Å²) < 4.78 is 4.72. The van der Waals surface area contributed by atoms with Gasteiger partial charge in [0.05, 0.1) is 0 Å². The zero-order valence-corrected chi connectivity index (χ0v) is 11.6. The van der Waals surface area contributed by atoms with Gasteiger partial charge in [0.15, 0.2) is 0 Å². The molecule has 0 aromatic heterocycles. The maximum Gasteiger partial charge on any atom is 0.511 e. The first kappa shape index (κ1) is 12.7. The lowest BCUT2D eigenvalue weighted by Crippen LogP contribution is -2.02. The zero-order chi connectivity index (χ0) is 15.1. The summed E-state index contributed by atoms with van der Waals surface area (Å²) in [6.07, 6.45) is -1.30. The largest absolute Gasteiger partial charge is 0.511 e. The Morgan fingerprint density at radius 1 is 0.682 bits per heavy atom. The number of hydrogen-bond acceptors (Lipinski definition) is 2. The van der Waals surface area contributed by atoms with E-state index in [0.29, 0.717) is 5.75 Å². The van der Waals surface area contributed by atoms with Crippen LogP contribution in [0.3, 0.4) is 0 Å². The zero-order valence-electron chi connectivity index (χ0n) is 11.6. The minimum absolute atomic E-state index is 0.333. The maximum atomic E-state index is 10.6. The minimum Gasteiger partial charge on any atom is -0.449 e. The molecule has 0 unspecified atom stereocenters. The molecule has 0 aliphatic carbocycles. The SMILES string of the molecule is O=C(O)Oc1ccc2cc3cc4ccccc4cc3cc2c1. The molecule has 0 spiro atoms. The van der Waals surface area contributed by atoms with Crippen molar-refractivity contribution in [1.29, 1.82) is 0 Å². The third-order valence-corrected chi connectivity index (χ3v) is 3.84. The smallest absolute Gasteiger partial charge is 0.449 e. The summed E-state index contributed by atoms with van der Waals surface area (Å²) in [6, 6.07) is 22.0. The molecule has 0 aliphatic rings. The van der Waals surface area contributed by atoms with Gasteiger partial charge in [0.2, 0.25) is 0 Å². The Morgan fingerprint density at radius 3 is 1.77 bits per heavy atom. The molecule has 0 fully saturated rings. The summed E-state index contributed by atoms with van der Waals surface area (Å²) in [4.78, 5) is 10.6. The molecule has 0 bridgehead atoms. The molecule has 0 amide bonds. The molecule has 0 atom stereocenters. The molecule has 0 aliphatic heterocycles. The highest BCUT2D eigenvalue weighted by Crippen LogP contribution is 2.29. The molecule has 0 saturated carbocycles. The van der Waals surface area contributed by atoms with Gasteiger partial charge in [0.1, 0.15) is 5.75 Å². The van der Waals surface area contributed by atoms with Crippen molar-refractivity contribution >= 4 is 38.5 Å². The van der Waals surface area contributed by atoms with E-state index in [9.17, 15) is 4.79 Å². The van der Waals surface area contributed by atoms with E-state index in [1.807, 2.05) is 18.2 Å². The minimum atomic E-state index is -1.30. The molecule has 22 heavy (non-hydrogen) atoms. The van der Waals surface area contributed by atoms with Crippen LogP contribution in [0.2, 0.25) is 0 Å². The Bertz CT molecular complexity index is 1030. The molecule has 106 valence electrons. The van der Waals surface area contributed by atoms with E-state index in [0.717, 1.165) is 21.5 Å². The van der Waals surface area contributed by atoms with Crippen molar-refractivity contribution in [3.63, 3.8) is 0 Å². The highest BCUT2D eigenvalue weighted by atomic mass is 16.7. The van der Waals surface area contributed by atoms with Gasteiger partial charge >= 0.3 is 6.16 Å². The van der Waals surface area contributed by atoms with Crippen molar-refractivity contribution in [2.24, 2.45) is 0 Å². The second-order valence-electron chi connectivity index (χ2n) is 5.28. The topological polar surface area (TPSA) is 46.5 Å². The van der Waals surface area contributed by atoms with E-state index in [4.69, 9.17) is 9.84 Å². The number of hydrogen-bond donors (Lipinski definition) is 1. The predicted octanol–water partition coefficient (Wildman–Crippen LogP) is 5.20. The lowest BCUT2D eigenvalue weighted by molar-refractivity contribution is 0.144. The second-order valence-corrected chi connectivity index (χ2v) is 5.28. The third-order valence-electron chi connectivity index (χ3n) is 3.84. The number of ether oxygens (including phenoxy) is 1. The summed E-state index contributed by atoms with van der Waals surface area (Å²) in [5.74, 6) is 0.333. The Balaban J connectivity index is 1.97. The highest BCUT2D eigenvalue weighted by molar-refractivity contribution is 6.04. The maximum absolute atomic E-state index is 10.6. The summed E-state index contributed by atoms with van der Waals surface area (Å²) in [7, 11) is 0. The first-order valence-corrected chi connectivity index (χ1v) is 6.96. The third kappa shape index (κ3) is 2.13. The van der Waals surface area contributed by atoms with Crippen molar-refractivity contribution < 1.29 is 14.6 Å². The molecular formula is C19H12O3. The van der Waals surface area contributed by atoms with Crippen LogP contribution < -0.4 is 4.74 Å². The fourth-order valence-electron chi connectivity index (χ4n) is 2.83. The van der Waals surface area contributed by atoms with E-state index in [1.54, 1.807) is 12.1 Å². The van der Waals surface area contributed by atoms with Crippen LogP contribution in [-0.2, 0) is 0 Å². The average Bonchev–Trinajstić information content (AvgIpc) is 2.50. The van der Waals surface area contributed by atoms with Gasteiger partial charge in [-0.15, -0.1) is 0 Å². The van der Waals surface area contributed by atoms with Crippen molar-refractivity contribution in [3.05, 3.63) is 66.7 Å². The van der Waals surface area contributed by atoms with Gasteiger partial charge in [-0.1, -0.05) is 30.3 Å². The van der Waals surface area contributed by atoms with Crippen molar-refractivity contribution in [1.82, 2.24) is 0 Å². The fraction of sp³-hybridized carbons (Fsp3) is 0.